The first kappa shape index (κ1) is 14.3. The van der Waals surface area contributed by atoms with Gasteiger partial charge in [0.05, 0.1) is 12.8 Å². The maximum absolute atomic E-state index is 5.49. The van der Waals surface area contributed by atoms with Gasteiger partial charge in [0.25, 0.3) is 0 Å². The van der Waals surface area contributed by atoms with Gasteiger partial charge in [-0.05, 0) is 29.6 Å². The second kappa shape index (κ2) is 6.08. The summed E-state index contributed by atoms with van der Waals surface area (Å²) in [5.74, 6) is 2.06. The van der Waals surface area contributed by atoms with E-state index >= 15 is 0 Å². The lowest BCUT2D eigenvalue weighted by Crippen LogP contribution is -2.47. The van der Waals surface area contributed by atoms with Gasteiger partial charge in [0.2, 0.25) is 0 Å². The average molecular weight is 325 g/mol. The number of benzene rings is 1. The van der Waals surface area contributed by atoms with Crippen LogP contribution >= 0.6 is 11.3 Å². The van der Waals surface area contributed by atoms with Gasteiger partial charge in [-0.1, -0.05) is 12.1 Å². The topological polar surface area (TPSA) is 28.6 Å². The molecule has 4 rings (SSSR count). The van der Waals surface area contributed by atoms with Gasteiger partial charge in [-0.2, -0.15) is 0 Å². The van der Waals surface area contributed by atoms with Crippen molar-refractivity contribution in [3.05, 3.63) is 48.0 Å². The fraction of sp³-hybridized carbons (Fsp3) is 0.278. The molecular formula is C18H19N3OS. The van der Waals surface area contributed by atoms with Crippen molar-refractivity contribution in [3.8, 4) is 5.75 Å². The maximum atomic E-state index is 5.49. The van der Waals surface area contributed by atoms with Crippen LogP contribution in [-0.4, -0.2) is 38.3 Å². The predicted octanol–water partition coefficient (Wildman–Crippen LogP) is 3.63. The predicted molar refractivity (Wildman–Crippen MR) is 97.0 cm³/mol. The molecular weight excluding hydrogens is 306 g/mol. The van der Waals surface area contributed by atoms with E-state index in [9.17, 15) is 0 Å². The van der Waals surface area contributed by atoms with E-state index in [4.69, 9.17) is 4.74 Å². The van der Waals surface area contributed by atoms with Crippen LogP contribution in [0.1, 0.15) is 0 Å². The van der Waals surface area contributed by atoms with Gasteiger partial charge in [-0.25, -0.2) is 4.98 Å². The Morgan fingerprint density at radius 2 is 1.78 bits per heavy atom. The van der Waals surface area contributed by atoms with Crippen molar-refractivity contribution in [1.29, 1.82) is 0 Å². The zero-order valence-corrected chi connectivity index (χ0v) is 13.9. The van der Waals surface area contributed by atoms with Crippen molar-refractivity contribution in [2.75, 3.05) is 43.1 Å². The van der Waals surface area contributed by atoms with E-state index in [2.05, 4.69) is 44.4 Å². The fourth-order valence-electron chi connectivity index (χ4n) is 3.18. The van der Waals surface area contributed by atoms with Gasteiger partial charge < -0.3 is 14.5 Å². The van der Waals surface area contributed by atoms with E-state index in [1.54, 1.807) is 18.4 Å². The summed E-state index contributed by atoms with van der Waals surface area (Å²) in [6.45, 7) is 3.89. The molecule has 1 aliphatic heterocycles. The van der Waals surface area contributed by atoms with E-state index < -0.39 is 0 Å². The molecule has 0 atom stereocenters. The summed E-state index contributed by atoms with van der Waals surface area (Å²) in [6, 6.07) is 12.5. The highest BCUT2D eigenvalue weighted by atomic mass is 32.1. The molecule has 2 aromatic heterocycles. The second-order valence-corrected chi connectivity index (χ2v) is 6.56. The smallest absolute Gasteiger partial charge is 0.142 e. The summed E-state index contributed by atoms with van der Waals surface area (Å²) < 4.78 is 6.80. The largest absolute Gasteiger partial charge is 0.495 e. The quantitative estimate of drug-likeness (QED) is 0.735. The number of thiophene rings is 1. The van der Waals surface area contributed by atoms with Gasteiger partial charge in [-0.15, -0.1) is 11.3 Å². The Morgan fingerprint density at radius 3 is 2.61 bits per heavy atom. The van der Waals surface area contributed by atoms with Crippen LogP contribution in [0.15, 0.2) is 48.0 Å². The molecule has 0 aliphatic carbocycles. The van der Waals surface area contributed by atoms with Crippen molar-refractivity contribution in [2.24, 2.45) is 0 Å². The molecule has 0 saturated carbocycles. The standard InChI is InChI=1S/C18H19N3OS/c1-22-16-5-3-2-4-15(16)20-9-11-21(12-10-20)18-14-7-13-23-17(14)6-8-19-18/h2-8,13H,9-12H2,1H3. The lowest BCUT2D eigenvalue weighted by molar-refractivity contribution is 0.413. The van der Waals surface area contributed by atoms with Gasteiger partial charge in [-0.3, -0.25) is 0 Å². The van der Waals surface area contributed by atoms with E-state index in [1.165, 1.54) is 15.8 Å². The first-order chi connectivity index (χ1) is 11.4. The normalized spacial score (nSPS) is 15.2. The number of methoxy groups -OCH3 is 1. The number of aromatic nitrogens is 1. The first-order valence-corrected chi connectivity index (χ1v) is 8.70. The van der Waals surface area contributed by atoms with Crippen LogP contribution in [0.5, 0.6) is 5.75 Å². The molecule has 0 N–H and O–H groups in total. The van der Waals surface area contributed by atoms with Crippen LogP contribution < -0.4 is 14.5 Å². The Bertz CT molecular complexity index is 809. The number of nitrogens with zero attached hydrogens (tertiary/aromatic N) is 3. The molecule has 4 nitrogen and oxygen atoms in total. The molecule has 3 heterocycles. The van der Waals surface area contributed by atoms with Gasteiger partial charge in [0, 0.05) is 42.5 Å². The van der Waals surface area contributed by atoms with Crippen LogP contribution in [0, 0.1) is 0 Å². The van der Waals surface area contributed by atoms with Crippen LogP contribution in [0.3, 0.4) is 0 Å². The Morgan fingerprint density at radius 1 is 1.00 bits per heavy atom. The lowest BCUT2D eigenvalue weighted by Gasteiger charge is -2.37. The minimum Gasteiger partial charge on any atom is -0.495 e. The highest BCUT2D eigenvalue weighted by Gasteiger charge is 2.21. The zero-order chi connectivity index (χ0) is 15.6. The number of anilines is 2. The summed E-state index contributed by atoms with van der Waals surface area (Å²) in [5.41, 5.74) is 1.18. The second-order valence-electron chi connectivity index (χ2n) is 5.61. The number of fused-ring (bicyclic) bond motifs is 1. The van der Waals surface area contributed by atoms with E-state index in [0.29, 0.717) is 0 Å². The minimum atomic E-state index is 0.944. The zero-order valence-electron chi connectivity index (χ0n) is 13.1. The molecule has 118 valence electrons. The first-order valence-electron chi connectivity index (χ1n) is 7.82. The number of hydrogen-bond acceptors (Lipinski definition) is 5. The van der Waals surface area contributed by atoms with Gasteiger partial charge in [0.15, 0.2) is 0 Å². The Kier molecular flexibility index (Phi) is 3.79. The van der Waals surface area contributed by atoms with Gasteiger partial charge >= 0.3 is 0 Å². The summed E-state index contributed by atoms with van der Waals surface area (Å²) in [5, 5.41) is 3.41. The van der Waals surface area contributed by atoms with Crippen molar-refractivity contribution in [3.63, 3.8) is 0 Å². The average Bonchev–Trinajstić information content (AvgIpc) is 3.10. The molecule has 1 saturated heterocycles. The van der Waals surface area contributed by atoms with E-state index in [1.807, 2.05) is 18.3 Å². The Balaban J connectivity index is 1.54. The van der Waals surface area contributed by atoms with Crippen molar-refractivity contribution in [1.82, 2.24) is 4.98 Å². The molecule has 1 aliphatic rings. The molecule has 0 radical (unpaired) electrons. The summed E-state index contributed by atoms with van der Waals surface area (Å²) in [7, 11) is 1.73. The van der Waals surface area contributed by atoms with Gasteiger partial charge in [0.1, 0.15) is 11.6 Å². The van der Waals surface area contributed by atoms with Crippen LogP contribution in [0.4, 0.5) is 11.5 Å². The number of pyridine rings is 1. The fourth-order valence-corrected chi connectivity index (χ4v) is 3.96. The number of para-hydroxylation sites is 2. The van der Waals surface area contributed by atoms with Crippen molar-refractivity contribution >= 4 is 32.9 Å². The lowest BCUT2D eigenvalue weighted by atomic mass is 10.2. The third kappa shape index (κ3) is 2.61. The van der Waals surface area contributed by atoms with Crippen molar-refractivity contribution < 1.29 is 4.74 Å². The number of hydrogen-bond donors (Lipinski definition) is 0. The molecule has 0 spiro atoms. The summed E-state index contributed by atoms with van der Waals surface area (Å²) >= 11 is 1.77. The van der Waals surface area contributed by atoms with Crippen LogP contribution in [-0.2, 0) is 0 Å². The maximum Gasteiger partial charge on any atom is 0.142 e. The van der Waals surface area contributed by atoms with Crippen LogP contribution in [0.2, 0.25) is 0 Å². The minimum absolute atomic E-state index is 0.944. The third-order valence-electron chi connectivity index (χ3n) is 4.36. The molecule has 1 fully saturated rings. The van der Waals surface area contributed by atoms with Crippen LogP contribution in [0.25, 0.3) is 10.1 Å². The summed E-state index contributed by atoms with van der Waals surface area (Å²) in [6.07, 6.45) is 1.92. The third-order valence-corrected chi connectivity index (χ3v) is 5.25. The highest BCUT2D eigenvalue weighted by Crippen LogP contribution is 2.31. The van der Waals surface area contributed by atoms with Crippen molar-refractivity contribution in [2.45, 2.75) is 0 Å². The number of ether oxygens (including phenoxy) is 1. The number of rotatable bonds is 3. The summed E-state index contributed by atoms with van der Waals surface area (Å²) in [4.78, 5) is 9.41. The SMILES string of the molecule is COc1ccccc1N1CCN(c2nccc3sccc23)CC1. The molecule has 0 bridgehead atoms. The molecule has 0 amide bonds. The highest BCUT2D eigenvalue weighted by molar-refractivity contribution is 7.17. The van der Waals surface area contributed by atoms with E-state index in [-0.39, 0.29) is 0 Å². The molecule has 3 aromatic rings. The number of piperazine rings is 1. The molecule has 5 heteroatoms. The Hall–Kier alpha value is -2.27. The molecule has 23 heavy (non-hydrogen) atoms. The Labute approximate surface area is 139 Å². The van der Waals surface area contributed by atoms with E-state index in [0.717, 1.165) is 37.7 Å². The monoisotopic (exact) mass is 325 g/mol. The molecule has 0 unspecified atom stereocenters. The molecule has 1 aromatic carbocycles.